The Hall–Kier alpha value is -0.750. The van der Waals surface area contributed by atoms with Gasteiger partial charge in [-0.25, -0.2) is 9.97 Å². The zero-order valence-corrected chi connectivity index (χ0v) is 11.9. The predicted octanol–water partition coefficient (Wildman–Crippen LogP) is 1.64. The van der Waals surface area contributed by atoms with Crippen molar-refractivity contribution in [3.05, 3.63) is 23.7 Å². The van der Waals surface area contributed by atoms with Crippen LogP contribution in [-0.4, -0.2) is 40.5 Å². The molecule has 1 aliphatic heterocycles. The molecule has 1 N–H and O–H groups in total. The lowest BCUT2D eigenvalue weighted by Crippen LogP contribution is -2.44. The third-order valence-electron chi connectivity index (χ3n) is 2.74. The van der Waals surface area contributed by atoms with Crippen molar-refractivity contribution < 1.29 is 0 Å². The number of anilines is 1. The number of hydrogen-bond acceptors (Lipinski definition) is 4. The maximum atomic E-state index is 6.00. The second-order valence-electron chi connectivity index (χ2n) is 3.78. The van der Waals surface area contributed by atoms with Crippen molar-refractivity contribution >= 4 is 47.9 Å². The van der Waals surface area contributed by atoms with Crippen LogP contribution in [0.5, 0.6) is 0 Å². The van der Waals surface area contributed by atoms with Crippen molar-refractivity contribution in [1.29, 1.82) is 0 Å². The van der Waals surface area contributed by atoms with Crippen molar-refractivity contribution in [2.24, 2.45) is 0 Å². The second-order valence-corrected chi connectivity index (χ2v) is 4.17. The number of piperazine rings is 1. The summed E-state index contributed by atoms with van der Waals surface area (Å²) in [5, 5.41) is 3.81. The Bertz CT molecular complexity index is 509. The molecule has 2 aromatic heterocycles. The van der Waals surface area contributed by atoms with Crippen molar-refractivity contribution in [2.45, 2.75) is 0 Å². The molecule has 0 bridgehead atoms. The van der Waals surface area contributed by atoms with Crippen LogP contribution in [0, 0.1) is 0 Å². The van der Waals surface area contributed by atoms with Crippen LogP contribution < -0.4 is 10.2 Å². The topological polar surface area (TPSA) is 45.5 Å². The highest BCUT2D eigenvalue weighted by molar-refractivity contribution is 6.29. The summed E-state index contributed by atoms with van der Waals surface area (Å²) in [5.41, 5.74) is 0.867. The molecular formula is C10H14Cl3N5. The van der Waals surface area contributed by atoms with Crippen molar-refractivity contribution in [3.63, 3.8) is 0 Å². The standard InChI is InChI=1S/C10H12ClN5.2ClH/c11-8-7-16-6-3-13-9(16)10(14-8)15-4-1-12-2-5-15;;/h3,6-7,12H,1-2,4-5H2;2*1H. The molecule has 0 unspecified atom stereocenters. The van der Waals surface area contributed by atoms with Gasteiger partial charge in [-0.1, -0.05) is 11.6 Å². The molecule has 0 amide bonds. The van der Waals surface area contributed by atoms with E-state index in [9.17, 15) is 0 Å². The zero-order valence-electron chi connectivity index (χ0n) is 9.54. The van der Waals surface area contributed by atoms with Gasteiger partial charge in [-0.05, 0) is 0 Å². The summed E-state index contributed by atoms with van der Waals surface area (Å²) in [6, 6.07) is 0. The fourth-order valence-corrected chi connectivity index (χ4v) is 2.16. The molecule has 1 aliphatic rings. The number of halogens is 3. The third-order valence-corrected chi connectivity index (χ3v) is 2.93. The molecule has 0 aliphatic carbocycles. The molecule has 2 aromatic rings. The number of hydrogen-bond donors (Lipinski definition) is 1. The monoisotopic (exact) mass is 309 g/mol. The highest BCUT2D eigenvalue weighted by atomic mass is 35.5. The molecule has 0 spiro atoms. The molecule has 1 saturated heterocycles. The Morgan fingerprint density at radius 3 is 2.67 bits per heavy atom. The van der Waals surface area contributed by atoms with E-state index in [2.05, 4.69) is 20.2 Å². The van der Waals surface area contributed by atoms with Gasteiger partial charge in [0, 0.05) is 44.8 Å². The molecule has 1 fully saturated rings. The molecule has 0 saturated carbocycles. The normalized spacial score (nSPS) is 15.1. The summed E-state index contributed by atoms with van der Waals surface area (Å²) in [4.78, 5) is 10.9. The maximum Gasteiger partial charge on any atom is 0.180 e. The number of nitrogens with one attached hydrogen (secondary N) is 1. The van der Waals surface area contributed by atoms with Crippen LogP contribution in [-0.2, 0) is 0 Å². The first-order chi connectivity index (χ1) is 7.84. The summed E-state index contributed by atoms with van der Waals surface area (Å²) >= 11 is 6.00. The minimum Gasteiger partial charge on any atom is -0.351 e. The Morgan fingerprint density at radius 2 is 1.94 bits per heavy atom. The molecule has 0 radical (unpaired) electrons. The molecule has 18 heavy (non-hydrogen) atoms. The molecule has 3 rings (SSSR count). The number of fused-ring (bicyclic) bond motifs is 1. The van der Waals surface area contributed by atoms with Gasteiger partial charge in [-0.3, -0.25) is 0 Å². The van der Waals surface area contributed by atoms with E-state index in [1.165, 1.54) is 0 Å². The van der Waals surface area contributed by atoms with Crippen LogP contribution in [0.3, 0.4) is 0 Å². The van der Waals surface area contributed by atoms with Crippen LogP contribution in [0.1, 0.15) is 0 Å². The molecule has 8 heteroatoms. The average molecular weight is 311 g/mol. The van der Waals surface area contributed by atoms with Crippen LogP contribution in [0.2, 0.25) is 5.15 Å². The van der Waals surface area contributed by atoms with E-state index < -0.39 is 0 Å². The van der Waals surface area contributed by atoms with Crippen LogP contribution in [0.4, 0.5) is 5.82 Å². The van der Waals surface area contributed by atoms with Gasteiger partial charge in [0.05, 0.1) is 0 Å². The van der Waals surface area contributed by atoms with Crippen LogP contribution >= 0.6 is 36.4 Å². The van der Waals surface area contributed by atoms with Gasteiger partial charge in [0.15, 0.2) is 11.5 Å². The summed E-state index contributed by atoms with van der Waals surface area (Å²) in [6.45, 7) is 3.83. The number of imidazole rings is 1. The smallest absolute Gasteiger partial charge is 0.180 e. The summed E-state index contributed by atoms with van der Waals surface area (Å²) in [7, 11) is 0. The minimum absolute atomic E-state index is 0. The quantitative estimate of drug-likeness (QED) is 0.870. The van der Waals surface area contributed by atoms with E-state index in [4.69, 9.17) is 11.6 Å². The lowest BCUT2D eigenvalue weighted by Gasteiger charge is -2.28. The van der Waals surface area contributed by atoms with Crippen LogP contribution in [0.15, 0.2) is 18.6 Å². The lowest BCUT2D eigenvalue weighted by molar-refractivity contribution is 0.585. The Morgan fingerprint density at radius 1 is 1.22 bits per heavy atom. The molecule has 5 nitrogen and oxygen atoms in total. The summed E-state index contributed by atoms with van der Waals surface area (Å²) in [5.74, 6) is 0.874. The number of aromatic nitrogens is 3. The van der Waals surface area contributed by atoms with Gasteiger partial charge in [-0.2, -0.15) is 0 Å². The number of rotatable bonds is 1. The fourth-order valence-electron chi connectivity index (χ4n) is 1.97. The predicted molar refractivity (Wildman–Crippen MR) is 77.6 cm³/mol. The SMILES string of the molecule is Cl.Cl.Clc1cn2ccnc2c(N2CCNCC2)n1. The molecule has 0 atom stereocenters. The van der Waals surface area contributed by atoms with E-state index in [1.807, 2.05) is 10.6 Å². The second kappa shape index (κ2) is 6.43. The first-order valence-corrected chi connectivity index (χ1v) is 5.67. The summed E-state index contributed by atoms with van der Waals surface area (Å²) in [6.07, 6.45) is 5.42. The first kappa shape index (κ1) is 15.3. The first-order valence-electron chi connectivity index (χ1n) is 5.29. The van der Waals surface area contributed by atoms with Gasteiger partial charge >= 0.3 is 0 Å². The molecular weight excluding hydrogens is 297 g/mol. The minimum atomic E-state index is 0. The van der Waals surface area contributed by atoms with Gasteiger partial charge in [0.25, 0.3) is 0 Å². The van der Waals surface area contributed by atoms with E-state index >= 15 is 0 Å². The number of nitrogens with zero attached hydrogens (tertiary/aromatic N) is 4. The van der Waals surface area contributed by atoms with E-state index in [-0.39, 0.29) is 24.8 Å². The van der Waals surface area contributed by atoms with Crippen molar-refractivity contribution in [3.8, 4) is 0 Å². The van der Waals surface area contributed by atoms with Crippen molar-refractivity contribution in [1.82, 2.24) is 19.7 Å². The van der Waals surface area contributed by atoms with E-state index in [0.29, 0.717) is 5.15 Å². The van der Waals surface area contributed by atoms with Gasteiger partial charge < -0.3 is 14.6 Å². The Balaban J connectivity index is 0.000000810. The van der Waals surface area contributed by atoms with Gasteiger partial charge in [0.1, 0.15) is 5.15 Å². The van der Waals surface area contributed by atoms with E-state index in [1.54, 1.807) is 12.4 Å². The molecule has 100 valence electrons. The highest BCUT2D eigenvalue weighted by Crippen LogP contribution is 2.20. The maximum absolute atomic E-state index is 6.00. The van der Waals surface area contributed by atoms with Crippen LogP contribution in [0.25, 0.3) is 5.65 Å². The third kappa shape index (κ3) is 2.80. The van der Waals surface area contributed by atoms with Gasteiger partial charge in [0.2, 0.25) is 0 Å². The fraction of sp³-hybridized carbons (Fsp3) is 0.400. The Labute approximate surface area is 122 Å². The highest BCUT2D eigenvalue weighted by Gasteiger charge is 2.16. The zero-order chi connectivity index (χ0) is 11.0. The molecule has 3 heterocycles. The van der Waals surface area contributed by atoms with Gasteiger partial charge in [-0.15, -0.1) is 24.8 Å². The van der Waals surface area contributed by atoms with Crippen molar-refractivity contribution in [2.75, 3.05) is 31.1 Å². The van der Waals surface area contributed by atoms with E-state index in [0.717, 1.165) is 37.6 Å². The summed E-state index contributed by atoms with van der Waals surface area (Å²) < 4.78 is 1.91. The lowest BCUT2D eigenvalue weighted by atomic mass is 10.3. The largest absolute Gasteiger partial charge is 0.351 e. The molecule has 0 aromatic carbocycles. The average Bonchev–Trinajstić information content (AvgIpc) is 2.77. The Kier molecular flexibility index (Phi) is 5.47.